The molecule has 0 radical (unpaired) electrons. The van der Waals surface area contributed by atoms with Crippen LogP contribution in [0.5, 0.6) is 0 Å². The summed E-state index contributed by atoms with van der Waals surface area (Å²) >= 11 is 13.7. The van der Waals surface area contributed by atoms with E-state index in [2.05, 4.69) is 20.4 Å². The minimum Gasteiger partial charge on any atom is -0.351 e. The van der Waals surface area contributed by atoms with Gasteiger partial charge < -0.3 is 10.2 Å². The minimum absolute atomic E-state index is 0.0942. The number of aromatic nitrogens is 3. The molecule has 1 amide bonds. The lowest BCUT2D eigenvalue weighted by Gasteiger charge is -2.18. The molecule has 30 heavy (non-hydrogen) atoms. The number of rotatable bonds is 7. The molecule has 0 unspecified atom stereocenters. The first-order valence-electron chi connectivity index (χ1n) is 9.71. The number of hydrogen-bond donors (Lipinski definition) is 1. The fourth-order valence-corrected chi connectivity index (χ4v) is 4.50. The Morgan fingerprint density at radius 2 is 1.87 bits per heavy atom. The Balaban J connectivity index is 1.48. The molecule has 0 saturated carbocycles. The number of nitrogens with zero attached hydrogens (tertiary/aromatic N) is 4. The molecule has 1 aliphatic rings. The van der Waals surface area contributed by atoms with Gasteiger partial charge in [0.25, 0.3) is 0 Å². The van der Waals surface area contributed by atoms with Crippen molar-refractivity contribution in [3.05, 3.63) is 64.1 Å². The fraction of sp³-hybridized carbons (Fsp3) is 0.286. The van der Waals surface area contributed by atoms with Crippen LogP contribution in [0.4, 0.5) is 5.95 Å². The highest BCUT2D eigenvalue weighted by molar-refractivity contribution is 7.99. The molecule has 0 spiro atoms. The lowest BCUT2D eigenvalue weighted by atomic mass is 10.2. The summed E-state index contributed by atoms with van der Waals surface area (Å²) in [6.07, 6.45) is 2.27. The van der Waals surface area contributed by atoms with Gasteiger partial charge >= 0.3 is 0 Å². The third kappa shape index (κ3) is 4.91. The van der Waals surface area contributed by atoms with E-state index in [1.807, 2.05) is 53.1 Å². The maximum Gasteiger partial charge on any atom is 0.232 e. The lowest BCUT2D eigenvalue weighted by molar-refractivity contribution is -0.118. The summed E-state index contributed by atoms with van der Waals surface area (Å²) in [5.41, 5.74) is 1.77. The van der Waals surface area contributed by atoms with Crippen LogP contribution in [0.15, 0.2) is 53.7 Å². The lowest BCUT2D eigenvalue weighted by Crippen LogP contribution is -2.25. The Morgan fingerprint density at radius 1 is 1.07 bits per heavy atom. The van der Waals surface area contributed by atoms with E-state index in [1.165, 1.54) is 11.8 Å². The van der Waals surface area contributed by atoms with E-state index in [1.54, 1.807) is 0 Å². The largest absolute Gasteiger partial charge is 0.351 e. The molecule has 0 bridgehead atoms. The van der Waals surface area contributed by atoms with Crippen LogP contribution in [0.1, 0.15) is 18.4 Å². The summed E-state index contributed by atoms with van der Waals surface area (Å²) in [6.45, 7) is 2.28. The standard InChI is InChI=1S/C21H21Cl2N5OS/c22-16-7-5-8-17(12-16)28-20(27-10-3-4-11-27)25-26-21(28)30-14-19(29)24-13-15-6-1-2-9-18(15)23/h1-2,5-9,12H,3-4,10-11,13-14H2,(H,24,29). The SMILES string of the molecule is O=C(CSc1nnc(N2CCCC2)n1-c1cccc(Cl)c1)NCc1ccccc1Cl. The van der Waals surface area contributed by atoms with Crippen molar-refractivity contribution < 1.29 is 4.79 Å². The van der Waals surface area contributed by atoms with Crippen molar-refractivity contribution in [1.29, 1.82) is 0 Å². The van der Waals surface area contributed by atoms with Crippen LogP contribution >= 0.6 is 35.0 Å². The molecule has 1 N–H and O–H groups in total. The van der Waals surface area contributed by atoms with Gasteiger partial charge in [0, 0.05) is 29.7 Å². The molecule has 3 aromatic rings. The maximum absolute atomic E-state index is 12.4. The number of amides is 1. The zero-order chi connectivity index (χ0) is 20.9. The van der Waals surface area contributed by atoms with E-state index in [4.69, 9.17) is 23.2 Å². The van der Waals surface area contributed by atoms with Crippen LogP contribution in [0.2, 0.25) is 10.0 Å². The Labute approximate surface area is 189 Å². The van der Waals surface area contributed by atoms with Crippen LogP contribution in [0.25, 0.3) is 5.69 Å². The monoisotopic (exact) mass is 461 g/mol. The average Bonchev–Trinajstić information content (AvgIpc) is 3.41. The van der Waals surface area contributed by atoms with Gasteiger partial charge in [0.05, 0.1) is 11.4 Å². The number of halogens is 2. The molecule has 9 heteroatoms. The zero-order valence-corrected chi connectivity index (χ0v) is 18.6. The van der Waals surface area contributed by atoms with Crippen molar-refractivity contribution in [2.24, 2.45) is 0 Å². The quantitative estimate of drug-likeness (QED) is 0.521. The summed E-state index contributed by atoms with van der Waals surface area (Å²) in [5, 5.41) is 13.6. The number of anilines is 1. The average molecular weight is 462 g/mol. The van der Waals surface area contributed by atoms with Gasteiger partial charge in [0.1, 0.15) is 0 Å². The number of carbonyl (C=O) groups is 1. The number of hydrogen-bond acceptors (Lipinski definition) is 5. The molecule has 0 atom stereocenters. The van der Waals surface area contributed by atoms with E-state index in [0.29, 0.717) is 21.7 Å². The Hall–Kier alpha value is -2.22. The van der Waals surface area contributed by atoms with Crippen molar-refractivity contribution in [2.45, 2.75) is 24.5 Å². The molecular formula is C21H21Cl2N5OS. The summed E-state index contributed by atoms with van der Waals surface area (Å²) in [6, 6.07) is 15.1. The first kappa shape index (κ1) is 21.0. The van der Waals surface area contributed by atoms with Crippen molar-refractivity contribution >= 4 is 46.8 Å². The van der Waals surface area contributed by atoms with Crippen LogP contribution in [0.3, 0.4) is 0 Å². The normalized spacial score (nSPS) is 13.6. The first-order valence-corrected chi connectivity index (χ1v) is 11.4. The van der Waals surface area contributed by atoms with Gasteiger partial charge in [-0.25, -0.2) is 0 Å². The molecule has 1 saturated heterocycles. The van der Waals surface area contributed by atoms with Crippen LogP contribution in [-0.2, 0) is 11.3 Å². The highest BCUT2D eigenvalue weighted by Gasteiger charge is 2.23. The highest BCUT2D eigenvalue weighted by atomic mass is 35.5. The van der Waals surface area contributed by atoms with Crippen LogP contribution in [-0.4, -0.2) is 39.5 Å². The van der Waals surface area contributed by atoms with Crippen LogP contribution in [0, 0.1) is 0 Å². The van der Waals surface area contributed by atoms with Gasteiger partial charge in [-0.3, -0.25) is 9.36 Å². The summed E-state index contributed by atoms with van der Waals surface area (Å²) in [5.74, 6) is 0.917. The Kier molecular flexibility index (Phi) is 6.82. The third-order valence-electron chi connectivity index (χ3n) is 4.84. The molecule has 0 aliphatic carbocycles. The molecule has 2 aromatic carbocycles. The minimum atomic E-state index is -0.0942. The maximum atomic E-state index is 12.4. The molecule has 1 aliphatic heterocycles. The molecule has 156 valence electrons. The Morgan fingerprint density at radius 3 is 2.63 bits per heavy atom. The van der Waals surface area contributed by atoms with Crippen molar-refractivity contribution in [3.8, 4) is 5.69 Å². The second kappa shape index (κ2) is 9.73. The molecule has 1 fully saturated rings. The smallest absolute Gasteiger partial charge is 0.232 e. The summed E-state index contributed by atoms with van der Waals surface area (Å²) < 4.78 is 1.98. The van der Waals surface area contributed by atoms with E-state index in [9.17, 15) is 4.79 Å². The van der Waals surface area contributed by atoms with Gasteiger partial charge in [-0.1, -0.05) is 59.2 Å². The predicted octanol–water partition coefficient (Wildman–Crippen LogP) is 4.58. The molecular weight excluding hydrogens is 441 g/mol. The summed E-state index contributed by atoms with van der Waals surface area (Å²) in [7, 11) is 0. The fourth-order valence-electron chi connectivity index (χ4n) is 3.34. The van der Waals surface area contributed by atoms with Gasteiger partial charge in [-0.15, -0.1) is 10.2 Å². The topological polar surface area (TPSA) is 63.1 Å². The van der Waals surface area contributed by atoms with Gasteiger partial charge in [0.15, 0.2) is 5.16 Å². The predicted molar refractivity (Wildman–Crippen MR) is 122 cm³/mol. The number of carbonyl (C=O) groups excluding carboxylic acids is 1. The second-order valence-corrected chi connectivity index (χ2v) is 8.73. The zero-order valence-electron chi connectivity index (χ0n) is 16.2. The highest BCUT2D eigenvalue weighted by Crippen LogP contribution is 2.29. The summed E-state index contributed by atoms with van der Waals surface area (Å²) in [4.78, 5) is 14.6. The molecule has 6 nitrogen and oxygen atoms in total. The number of benzene rings is 2. The molecule has 4 rings (SSSR count). The van der Waals surface area contributed by atoms with Crippen molar-refractivity contribution in [2.75, 3.05) is 23.7 Å². The van der Waals surface area contributed by atoms with Gasteiger partial charge in [-0.2, -0.15) is 0 Å². The number of thioether (sulfide) groups is 1. The molecule has 2 heterocycles. The van der Waals surface area contributed by atoms with Gasteiger partial charge in [0.2, 0.25) is 11.9 Å². The first-order chi connectivity index (χ1) is 14.6. The van der Waals surface area contributed by atoms with E-state index >= 15 is 0 Å². The van der Waals surface area contributed by atoms with Crippen molar-refractivity contribution in [1.82, 2.24) is 20.1 Å². The molecule has 1 aromatic heterocycles. The van der Waals surface area contributed by atoms with E-state index in [0.717, 1.165) is 43.1 Å². The number of nitrogens with one attached hydrogen (secondary N) is 1. The van der Waals surface area contributed by atoms with E-state index in [-0.39, 0.29) is 11.7 Å². The Bertz CT molecular complexity index is 1040. The third-order valence-corrected chi connectivity index (χ3v) is 6.37. The van der Waals surface area contributed by atoms with Crippen LogP contribution < -0.4 is 10.2 Å². The van der Waals surface area contributed by atoms with Gasteiger partial charge in [-0.05, 0) is 42.7 Å². The van der Waals surface area contributed by atoms with Crippen molar-refractivity contribution in [3.63, 3.8) is 0 Å². The van der Waals surface area contributed by atoms with E-state index < -0.39 is 0 Å². The second-order valence-electron chi connectivity index (χ2n) is 6.95.